The van der Waals surface area contributed by atoms with Crippen molar-refractivity contribution in [1.82, 2.24) is 10.2 Å². The van der Waals surface area contributed by atoms with Crippen molar-refractivity contribution in [1.29, 1.82) is 0 Å². The van der Waals surface area contributed by atoms with Crippen molar-refractivity contribution in [3.05, 3.63) is 28.8 Å². The SMILES string of the molecule is COc1ccc(C(=O)Nc2nnc(C)s2)cc1OC. The molecule has 19 heavy (non-hydrogen) atoms. The summed E-state index contributed by atoms with van der Waals surface area (Å²) in [5.41, 5.74) is 0.463. The molecule has 1 aromatic carbocycles. The summed E-state index contributed by atoms with van der Waals surface area (Å²) in [6, 6.07) is 4.95. The van der Waals surface area contributed by atoms with E-state index in [-0.39, 0.29) is 5.91 Å². The minimum Gasteiger partial charge on any atom is -0.493 e. The van der Waals surface area contributed by atoms with Gasteiger partial charge in [0.2, 0.25) is 5.13 Å². The lowest BCUT2D eigenvalue weighted by Gasteiger charge is -2.08. The maximum atomic E-state index is 12.0. The number of hydrogen-bond donors (Lipinski definition) is 1. The van der Waals surface area contributed by atoms with Crippen LogP contribution in [0, 0.1) is 6.92 Å². The number of nitrogens with zero attached hydrogens (tertiary/aromatic N) is 2. The molecule has 0 spiro atoms. The molecule has 1 N–H and O–H groups in total. The molecule has 2 aromatic rings. The highest BCUT2D eigenvalue weighted by molar-refractivity contribution is 7.15. The fraction of sp³-hybridized carbons (Fsp3) is 0.250. The van der Waals surface area contributed by atoms with E-state index in [9.17, 15) is 4.79 Å². The molecule has 2 rings (SSSR count). The van der Waals surface area contributed by atoms with Crippen molar-refractivity contribution in [3.8, 4) is 11.5 Å². The van der Waals surface area contributed by atoms with Crippen LogP contribution in [0.2, 0.25) is 0 Å². The molecule has 0 radical (unpaired) electrons. The van der Waals surface area contributed by atoms with Gasteiger partial charge >= 0.3 is 0 Å². The van der Waals surface area contributed by atoms with Gasteiger partial charge in [-0.1, -0.05) is 11.3 Å². The van der Waals surface area contributed by atoms with Gasteiger partial charge in [0, 0.05) is 5.56 Å². The van der Waals surface area contributed by atoms with E-state index in [0.29, 0.717) is 22.2 Å². The number of hydrogen-bond acceptors (Lipinski definition) is 6. The molecule has 0 fully saturated rings. The van der Waals surface area contributed by atoms with Gasteiger partial charge in [-0.05, 0) is 25.1 Å². The minimum absolute atomic E-state index is 0.267. The van der Waals surface area contributed by atoms with Crippen LogP contribution >= 0.6 is 11.3 Å². The van der Waals surface area contributed by atoms with Gasteiger partial charge < -0.3 is 9.47 Å². The molecule has 1 heterocycles. The highest BCUT2D eigenvalue weighted by atomic mass is 32.1. The Hall–Kier alpha value is -2.15. The fourth-order valence-electron chi connectivity index (χ4n) is 1.49. The largest absolute Gasteiger partial charge is 0.493 e. The first-order valence-electron chi connectivity index (χ1n) is 5.47. The van der Waals surface area contributed by atoms with Gasteiger partial charge in [0.15, 0.2) is 11.5 Å². The van der Waals surface area contributed by atoms with E-state index in [4.69, 9.17) is 9.47 Å². The highest BCUT2D eigenvalue weighted by Crippen LogP contribution is 2.28. The third-order valence-electron chi connectivity index (χ3n) is 2.39. The number of amides is 1. The van der Waals surface area contributed by atoms with E-state index in [1.165, 1.54) is 18.4 Å². The topological polar surface area (TPSA) is 73.3 Å². The Morgan fingerprint density at radius 1 is 1.21 bits per heavy atom. The van der Waals surface area contributed by atoms with Crippen molar-refractivity contribution in [2.45, 2.75) is 6.92 Å². The van der Waals surface area contributed by atoms with Crippen molar-refractivity contribution >= 4 is 22.4 Å². The van der Waals surface area contributed by atoms with E-state index in [0.717, 1.165) is 5.01 Å². The molecule has 7 heteroatoms. The zero-order valence-corrected chi connectivity index (χ0v) is 11.6. The summed E-state index contributed by atoms with van der Waals surface area (Å²) in [7, 11) is 3.06. The van der Waals surface area contributed by atoms with Crippen LogP contribution in [0.4, 0.5) is 5.13 Å². The summed E-state index contributed by atoms with van der Waals surface area (Å²) in [6.07, 6.45) is 0. The first-order valence-corrected chi connectivity index (χ1v) is 6.29. The quantitative estimate of drug-likeness (QED) is 0.928. The van der Waals surface area contributed by atoms with Crippen LogP contribution in [-0.4, -0.2) is 30.3 Å². The van der Waals surface area contributed by atoms with Crippen molar-refractivity contribution in [2.75, 3.05) is 19.5 Å². The third kappa shape index (κ3) is 3.00. The number of benzene rings is 1. The Kier molecular flexibility index (Phi) is 3.96. The highest BCUT2D eigenvalue weighted by Gasteiger charge is 2.12. The predicted octanol–water partition coefficient (Wildman–Crippen LogP) is 2.12. The second-order valence-corrected chi connectivity index (χ2v) is 4.83. The number of carbonyl (C=O) groups is 1. The second-order valence-electron chi connectivity index (χ2n) is 3.65. The minimum atomic E-state index is -0.267. The zero-order valence-electron chi connectivity index (χ0n) is 10.8. The average Bonchev–Trinajstić information content (AvgIpc) is 2.83. The first kappa shape index (κ1) is 13.3. The van der Waals surface area contributed by atoms with Crippen LogP contribution in [-0.2, 0) is 0 Å². The summed E-state index contributed by atoms with van der Waals surface area (Å²) in [4.78, 5) is 12.0. The molecule has 0 saturated heterocycles. The standard InChI is InChI=1S/C12H13N3O3S/c1-7-14-15-12(19-7)13-11(16)8-4-5-9(17-2)10(6-8)18-3/h4-6H,1-3H3,(H,13,15,16). The van der Waals surface area contributed by atoms with Gasteiger partial charge in [-0.3, -0.25) is 10.1 Å². The molecule has 1 aromatic heterocycles. The van der Waals surface area contributed by atoms with Crippen LogP contribution < -0.4 is 14.8 Å². The normalized spacial score (nSPS) is 10.1. The molecule has 100 valence electrons. The Morgan fingerprint density at radius 2 is 1.95 bits per heavy atom. The molecule has 0 saturated carbocycles. The Balaban J connectivity index is 2.19. The zero-order chi connectivity index (χ0) is 13.8. The van der Waals surface area contributed by atoms with Gasteiger partial charge in [0.25, 0.3) is 5.91 Å². The number of anilines is 1. The summed E-state index contributed by atoms with van der Waals surface area (Å²) >= 11 is 1.32. The lowest BCUT2D eigenvalue weighted by Crippen LogP contribution is -2.11. The van der Waals surface area contributed by atoms with Crippen LogP contribution in [0.15, 0.2) is 18.2 Å². The Labute approximate surface area is 114 Å². The van der Waals surface area contributed by atoms with Gasteiger partial charge in [0.1, 0.15) is 5.01 Å². The van der Waals surface area contributed by atoms with Crippen LogP contribution in [0.25, 0.3) is 0 Å². The number of ether oxygens (including phenoxy) is 2. The smallest absolute Gasteiger partial charge is 0.257 e. The summed E-state index contributed by atoms with van der Waals surface area (Å²) in [5, 5.41) is 11.6. The summed E-state index contributed by atoms with van der Waals surface area (Å²) in [5.74, 6) is 0.812. The maximum absolute atomic E-state index is 12.0. The maximum Gasteiger partial charge on any atom is 0.257 e. The number of rotatable bonds is 4. The van der Waals surface area contributed by atoms with Crippen molar-refractivity contribution < 1.29 is 14.3 Å². The van der Waals surface area contributed by atoms with E-state index < -0.39 is 0 Å². The Morgan fingerprint density at radius 3 is 2.53 bits per heavy atom. The third-order valence-corrected chi connectivity index (χ3v) is 3.15. The number of nitrogens with one attached hydrogen (secondary N) is 1. The number of methoxy groups -OCH3 is 2. The molecule has 0 atom stereocenters. The molecule has 0 aliphatic rings. The molecule has 1 amide bonds. The number of aromatic nitrogens is 2. The van der Waals surface area contributed by atoms with Gasteiger partial charge in [0.05, 0.1) is 14.2 Å². The van der Waals surface area contributed by atoms with Crippen LogP contribution in [0.1, 0.15) is 15.4 Å². The lowest BCUT2D eigenvalue weighted by molar-refractivity contribution is 0.102. The van der Waals surface area contributed by atoms with Crippen LogP contribution in [0.3, 0.4) is 0 Å². The first-order chi connectivity index (χ1) is 9.13. The molecule has 6 nitrogen and oxygen atoms in total. The summed E-state index contributed by atoms with van der Waals surface area (Å²) in [6.45, 7) is 1.82. The van der Waals surface area contributed by atoms with Crippen molar-refractivity contribution in [2.24, 2.45) is 0 Å². The van der Waals surface area contributed by atoms with E-state index in [2.05, 4.69) is 15.5 Å². The van der Waals surface area contributed by atoms with E-state index in [1.807, 2.05) is 6.92 Å². The van der Waals surface area contributed by atoms with Gasteiger partial charge in [-0.2, -0.15) is 0 Å². The molecular formula is C12H13N3O3S. The van der Waals surface area contributed by atoms with Gasteiger partial charge in [-0.25, -0.2) is 0 Å². The lowest BCUT2D eigenvalue weighted by atomic mass is 10.2. The second kappa shape index (κ2) is 5.66. The monoisotopic (exact) mass is 279 g/mol. The fourth-order valence-corrected chi connectivity index (χ4v) is 2.08. The number of aryl methyl sites for hydroxylation is 1. The van der Waals surface area contributed by atoms with Crippen molar-refractivity contribution in [3.63, 3.8) is 0 Å². The molecule has 0 aliphatic carbocycles. The average molecular weight is 279 g/mol. The van der Waals surface area contributed by atoms with E-state index >= 15 is 0 Å². The molecular weight excluding hydrogens is 266 g/mol. The molecule has 0 unspecified atom stereocenters. The predicted molar refractivity (Wildman–Crippen MR) is 72.1 cm³/mol. The summed E-state index contributed by atoms with van der Waals surface area (Å²) < 4.78 is 10.3. The Bertz CT molecular complexity index is 598. The van der Waals surface area contributed by atoms with Gasteiger partial charge in [-0.15, -0.1) is 10.2 Å². The van der Waals surface area contributed by atoms with Crippen LogP contribution in [0.5, 0.6) is 11.5 Å². The van der Waals surface area contributed by atoms with E-state index in [1.54, 1.807) is 25.3 Å². The molecule has 0 aliphatic heterocycles. The molecule has 0 bridgehead atoms. The number of carbonyl (C=O) groups excluding carboxylic acids is 1.